The summed E-state index contributed by atoms with van der Waals surface area (Å²) in [5.74, 6) is 1.56. The second-order valence-corrected chi connectivity index (χ2v) is 5.58. The summed E-state index contributed by atoms with van der Waals surface area (Å²) < 4.78 is 5.17. The van der Waals surface area contributed by atoms with Crippen LogP contribution in [0.5, 0.6) is 0 Å². The van der Waals surface area contributed by atoms with Gasteiger partial charge in [-0.3, -0.25) is 0 Å². The van der Waals surface area contributed by atoms with Crippen LogP contribution in [0.25, 0.3) is 0 Å². The zero-order valence-corrected chi connectivity index (χ0v) is 12.5. The van der Waals surface area contributed by atoms with Gasteiger partial charge in [0.15, 0.2) is 0 Å². The molecule has 0 spiro atoms. The van der Waals surface area contributed by atoms with Gasteiger partial charge in [0.25, 0.3) is 0 Å². The fourth-order valence-electron chi connectivity index (χ4n) is 1.63. The monoisotopic (exact) mass is 295 g/mol. The number of hydrogen-bond donors (Lipinski definition) is 1. The van der Waals surface area contributed by atoms with Crippen molar-refractivity contribution in [2.45, 2.75) is 19.3 Å². The van der Waals surface area contributed by atoms with Gasteiger partial charge in [-0.15, -0.1) is 0 Å². The largest absolute Gasteiger partial charge is 0.449 e. The van der Waals surface area contributed by atoms with Crippen molar-refractivity contribution in [3.8, 4) is 0 Å². The van der Waals surface area contributed by atoms with Gasteiger partial charge in [-0.1, -0.05) is 37.3 Å². The number of carbonyl (C=O) groups is 2. The summed E-state index contributed by atoms with van der Waals surface area (Å²) in [7, 11) is 0. The average Bonchev–Trinajstić information content (AvgIpc) is 2.49. The van der Waals surface area contributed by atoms with Crippen molar-refractivity contribution in [3.63, 3.8) is 0 Å². The van der Waals surface area contributed by atoms with Crippen LogP contribution in [0.2, 0.25) is 0 Å². The molecule has 4 nitrogen and oxygen atoms in total. The number of benzene rings is 1. The Hall–Kier alpha value is -1.49. The Balaban J connectivity index is 2.09. The maximum atomic E-state index is 11.5. The van der Waals surface area contributed by atoms with Gasteiger partial charge in [0, 0.05) is 18.2 Å². The molecule has 0 fully saturated rings. The molecular weight excluding hydrogens is 274 g/mol. The quantitative estimate of drug-likeness (QED) is 0.562. The van der Waals surface area contributed by atoms with E-state index >= 15 is 0 Å². The van der Waals surface area contributed by atoms with Gasteiger partial charge in [0.2, 0.25) is 0 Å². The molecule has 0 aliphatic heterocycles. The zero-order chi connectivity index (χ0) is 14.6. The maximum absolute atomic E-state index is 11.5. The van der Waals surface area contributed by atoms with Crippen LogP contribution in [0.4, 0.5) is 4.79 Å². The molecule has 1 unspecified atom stereocenters. The van der Waals surface area contributed by atoms with Crippen LogP contribution >= 0.6 is 11.8 Å². The van der Waals surface area contributed by atoms with Crippen LogP contribution in [0.3, 0.4) is 0 Å². The molecule has 5 heteroatoms. The zero-order valence-electron chi connectivity index (χ0n) is 11.7. The predicted molar refractivity (Wildman–Crippen MR) is 82.2 cm³/mol. The number of alkyl carbamates (subject to hydrolysis) is 1. The number of rotatable bonds is 9. The summed E-state index contributed by atoms with van der Waals surface area (Å²) >= 11 is 1.56. The summed E-state index contributed by atoms with van der Waals surface area (Å²) in [6.07, 6.45) is 1.34. The fourth-order valence-corrected chi connectivity index (χ4v) is 2.24. The van der Waals surface area contributed by atoms with Gasteiger partial charge < -0.3 is 14.8 Å². The number of aldehydes is 1. The van der Waals surface area contributed by atoms with Crippen molar-refractivity contribution in [2.24, 2.45) is 0 Å². The van der Waals surface area contributed by atoms with Gasteiger partial charge >= 0.3 is 6.09 Å². The predicted octanol–water partition coefficient (Wildman–Crippen LogP) is 2.84. The van der Waals surface area contributed by atoms with Crippen LogP contribution in [0.1, 0.15) is 24.8 Å². The topological polar surface area (TPSA) is 55.4 Å². The van der Waals surface area contributed by atoms with E-state index in [0.29, 0.717) is 18.9 Å². The molecule has 0 aromatic heterocycles. The number of thioether (sulfide) groups is 1. The first kappa shape index (κ1) is 16.6. The van der Waals surface area contributed by atoms with Crippen LogP contribution < -0.4 is 5.32 Å². The van der Waals surface area contributed by atoms with Crippen LogP contribution in [0, 0.1) is 0 Å². The Morgan fingerprint density at radius 3 is 2.85 bits per heavy atom. The molecule has 0 heterocycles. The molecule has 1 aromatic rings. The standard InChI is InChI=1S/C15H21NO3S/c1-13(14-6-3-2-4-7-14)12-19-15(18)16-8-5-10-20-11-9-17/h2-4,6-7,9,13H,5,8,10-12H2,1H3,(H,16,18). The third kappa shape index (κ3) is 7.19. The van der Waals surface area contributed by atoms with Gasteiger partial charge in [-0.25, -0.2) is 4.79 Å². The van der Waals surface area contributed by atoms with Gasteiger partial charge in [-0.2, -0.15) is 11.8 Å². The lowest BCUT2D eigenvalue weighted by Gasteiger charge is -2.12. The lowest BCUT2D eigenvalue weighted by atomic mass is 10.0. The number of amides is 1. The highest BCUT2D eigenvalue weighted by molar-refractivity contribution is 7.99. The van der Waals surface area contributed by atoms with Crippen molar-refractivity contribution >= 4 is 24.1 Å². The number of ether oxygens (including phenoxy) is 1. The molecule has 0 saturated carbocycles. The molecule has 0 saturated heterocycles. The summed E-state index contributed by atoms with van der Waals surface area (Å²) in [6, 6.07) is 9.96. The van der Waals surface area contributed by atoms with Crippen molar-refractivity contribution < 1.29 is 14.3 Å². The van der Waals surface area contributed by atoms with E-state index in [4.69, 9.17) is 4.74 Å². The van der Waals surface area contributed by atoms with Gasteiger partial charge in [0.05, 0.1) is 6.61 Å². The van der Waals surface area contributed by atoms with Crippen molar-refractivity contribution in [1.29, 1.82) is 0 Å². The molecular formula is C15H21NO3S. The lowest BCUT2D eigenvalue weighted by Crippen LogP contribution is -2.27. The molecule has 0 aliphatic carbocycles. The van der Waals surface area contributed by atoms with E-state index in [2.05, 4.69) is 5.32 Å². The van der Waals surface area contributed by atoms with Crippen molar-refractivity contribution in [2.75, 3.05) is 24.7 Å². The number of hydrogen-bond acceptors (Lipinski definition) is 4. The van der Waals surface area contributed by atoms with E-state index in [9.17, 15) is 9.59 Å². The molecule has 110 valence electrons. The van der Waals surface area contributed by atoms with Gasteiger partial charge in [-0.05, 0) is 17.7 Å². The third-order valence-corrected chi connectivity index (χ3v) is 3.70. The molecule has 0 bridgehead atoms. The molecule has 1 N–H and O–H groups in total. The van der Waals surface area contributed by atoms with Crippen molar-refractivity contribution in [1.82, 2.24) is 5.32 Å². The van der Waals surface area contributed by atoms with E-state index in [-0.39, 0.29) is 12.0 Å². The molecule has 20 heavy (non-hydrogen) atoms. The maximum Gasteiger partial charge on any atom is 0.407 e. The van der Waals surface area contributed by atoms with E-state index in [1.165, 1.54) is 0 Å². The van der Waals surface area contributed by atoms with Crippen molar-refractivity contribution in [3.05, 3.63) is 35.9 Å². The second kappa shape index (κ2) is 10.3. The molecule has 1 atom stereocenters. The Kier molecular flexibility index (Phi) is 8.54. The fraction of sp³-hybridized carbons (Fsp3) is 0.467. The van der Waals surface area contributed by atoms with Crippen LogP contribution in [-0.4, -0.2) is 37.0 Å². The number of nitrogens with one attached hydrogen (secondary N) is 1. The Morgan fingerprint density at radius 1 is 1.40 bits per heavy atom. The average molecular weight is 295 g/mol. The van der Waals surface area contributed by atoms with Crippen LogP contribution in [-0.2, 0) is 9.53 Å². The molecule has 1 amide bonds. The summed E-state index contributed by atoms with van der Waals surface area (Å²) in [4.78, 5) is 21.6. The Labute approximate surface area is 124 Å². The van der Waals surface area contributed by atoms with Crippen LogP contribution in [0.15, 0.2) is 30.3 Å². The minimum atomic E-state index is -0.381. The summed E-state index contributed by atoms with van der Waals surface area (Å²) in [5, 5.41) is 2.70. The summed E-state index contributed by atoms with van der Waals surface area (Å²) in [5.41, 5.74) is 1.16. The first-order valence-electron chi connectivity index (χ1n) is 6.71. The highest BCUT2D eigenvalue weighted by atomic mass is 32.2. The first-order chi connectivity index (χ1) is 9.74. The van der Waals surface area contributed by atoms with Gasteiger partial charge in [0.1, 0.15) is 6.29 Å². The Bertz CT molecular complexity index is 397. The first-order valence-corrected chi connectivity index (χ1v) is 7.86. The van der Waals surface area contributed by atoms with E-state index in [0.717, 1.165) is 24.0 Å². The third-order valence-electron chi connectivity index (χ3n) is 2.75. The molecule has 1 rings (SSSR count). The minimum absolute atomic E-state index is 0.185. The van der Waals surface area contributed by atoms with E-state index < -0.39 is 0 Å². The highest BCUT2D eigenvalue weighted by Crippen LogP contribution is 2.14. The molecule has 0 radical (unpaired) electrons. The normalized spacial score (nSPS) is 11.7. The molecule has 0 aliphatic rings. The highest BCUT2D eigenvalue weighted by Gasteiger charge is 2.08. The van der Waals surface area contributed by atoms with E-state index in [1.54, 1.807) is 11.8 Å². The second-order valence-electron chi connectivity index (χ2n) is 4.43. The SMILES string of the molecule is CC(COC(=O)NCCCSCC=O)c1ccccc1. The number of carbonyl (C=O) groups excluding carboxylic acids is 2. The summed E-state index contributed by atoms with van der Waals surface area (Å²) in [6.45, 7) is 2.97. The lowest BCUT2D eigenvalue weighted by molar-refractivity contribution is -0.105. The smallest absolute Gasteiger partial charge is 0.407 e. The molecule has 1 aromatic carbocycles. The van der Waals surface area contributed by atoms with E-state index in [1.807, 2.05) is 37.3 Å². The minimum Gasteiger partial charge on any atom is -0.449 e. The Morgan fingerprint density at radius 2 is 2.15 bits per heavy atom.